The summed E-state index contributed by atoms with van der Waals surface area (Å²) in [6, 6.07) is 14.7. The van der Waals surface area contributed by atoms with Crippen LogP contribution in [0.25, 0.3) is 11.4 Å². The summed E-state index contributed by atoms with van der Waals surface area (Å²) in [6.45, 7) is 2.05. The second kappa shape index (κ2) is 6.84. The minimum Gasteiger partial charge on any atom is -0.305 e. The number of hydrogen-bond donors (Lipinski definition) is 0. The molecule has 1 heterocycles. The molecule has 24 heavy (non-hydrogen) atoms. The van der Waals surface area contributed by atoms with E-state index < -0.39 is 4.92 Å². The maximum absolute atomic E-state index is 10.7. The number of nitrogens with zero attached hydrogens (tertiary/aromatic N) is 4. The number of aryl methyl sites for hydroxylation is 1. The second-order valence-corrected chi connectivity index (χ2v) is 6.39. The van der Waals surface area contributed by atoms with Crippen molar-refractivity contribution in [1.82, 2.24) is 14.8 Å². The molecule has 0 saturated carbocycles. The average molecular weight is 340 g/mol. The van der Waals surface area contributed by atoms with Gasteiger partial charge in [-0.1, -0.05) is 53.7 Å². The van der Waals surface area contributed by atoms with Crippen molar-refractivity contribution in [2.75, 3.05) is 0 Å². The summed E-state index contributed by atoms with van der Waals surface area (Å²) >= 11 is 1.55. The molecule has 0 N–H and O–H groups in total. The van der Waals surface area contributed by atoms with Crippen molar-refractivity contribution >= 4 is 17.4 Å². The van der Waals surface area contributed by atoms with E-state index in [1.54, 1.807) is 23.9 Å². The summed E-state index contributed by atoms with van der Waals surface area (Å²) in [4.78, 5) is 10.3. The Morgan fingerprint density at radius 2 is 1.75 bits per heavy atom. The third kappa shape index (κ3) is 3.46. The molecule has 0 amide bonds. The molecule has 3 rings (SSSR count). The first-order chi connectivity index (χ1) is 11.5. The van der Waals surface area contributed by atoms with Gasteiger partial charge in [0.25, 0.3) is 5.69 Å². The van der Waals surface area contributed by atoms with E-state index in [-0.39, 0.29) is 5.69 Å². The molecule has 0 aliphatic rings. The molecule has 3 aromatic rings. The van der Waals surface area contributed by atoms with E-state index in [1.165, 1.54) is 17.7 Å². The maximum atomic E-state index is 10.7. The van der Waals surface area contributed by atoms with Gasteiger partial charge in [-0.3, -0.25) is 10.1 Å². The van der Waals surface area contributed by atoms with E-state index in [0.717, 1.165) is 22.1 Å². The van der Waals surface area contributed by atoms with E-state index in [9.17, 15) is 10.1 Å². The summed E-state index contributed by atoms with van der Waals surface area (Å²) in [5.74, 6) is 1.50. The molecule has 0 atom stereocenters. The molecule has 122 valence electrons. The number of thioether (sulfide) groups is 1. The molecule has 0 unspecified atom stereocenters. The van der Waals surface area contributed by atoms with Crippen LogP contribution in [0.4, 0.5) is 5.69 Å². The van der Waals surface area contributed by atoms with Gasteiger partial charge in [0.05, 0.1) is 4.92 Å². The maximum Gasteiger partial charge on any atom is 0.269 e. The lowest BCUT2D eigenvalue weighted by Crippen LogP contribution is -1.95. The number of non-ortho nitro benzene ring substituents is 1. The van der Waals surface area contributed by atoms with Gasteiger partial charge in [-0.15, -0.1) is 10.2 Å². The Morgan fingerprint density at radius 1 is 1.08 bits per heavy atom. The number of rotatable bonds is 5. The molecule has 0 spiro atoms. The van der Waals surface area contributed by atoms with E-state index in [4.69, 9.17) is 0 Å². The van der Waals surface area contributed by atoms with Gasteiger partial charge in [-0.25, -0.2) is 0 Å². The Kier molecular flexibility index (Phi) is 4.61. The number of hydrogen-bond acceptors (Lipinski definition) is 5. The van der Waals surface area contributed by atoms with Crippen molar-refractivity contribution in [3.63, 3.8) is 0 Å². The van der Waals surface area contributed by atoms with Crippen molar-refractivity contribution in [2.45, 2.75) is 17.8 Å². The van der Waals surface area contributed by atoms with Crippen LogP contribution in [-0.2, 0) is 12.8 Å². The van der Waals surface area contributed by atoms with Gasteiger partial charge in [-0.2, -0.15) is 0 Å². The SMILES string of the molecule is Cc1ccc(-c2nnc(SCc3ccc([N+](=O)[O-])cc3)n2C)cc1. The molecule has 0 bridgehead atoms. The Morgan fingerprint density at radius 3 is 2.38 bits per heavy atom. The standard InChI is InChI=1S/C17H16N4O2S/c1-12-3-7-14(8-4-12)16-18-19-17(20(16)2)24-11-13-5-9-15(10-6-13)21(22)23/h3-10H,11H2,1-2H3. The van der Waals surface area contributed by atoms with Crippen molar-refractivity contribution in [1.29, 1.82) is 0 Å². The van der Waals surface area contributed by atoms with Crippen LogP contribution in [0, 0.1) is 17.0 Å². The van der Waals surface area contributed by atoms with Crippen molar-refractivity contribution in [3.8, 4) is 11.4 Å². The fourth-order valence-electron chi connectivity index (χ4n) is 2.26. The highest BCUT2D eigenvalue weighted by Crippen LogP contribution is 2.26. The topological polar surface area (TPSA) is 73.8 Å². The van der Waals surface area contributed by atoms with Crippen LogP contribution in [0.5, 0.6) is 0 Å². The zero-order valence-corrected chi connectivity index (χ0v) is 14.2. The van der Waals surface area contributed by atoms with Gasteiger partial charge in [0.2, 0.25) is 0 Å². The van der Waals surface area contributed by atoms with Crippen LogP contribution >= 0.6 is 11.8 Å². The van der Waals surface area contributed by atoms with Gasteiger partial charge < -0.3 is 4.57 Å². The lowest BCUT2D eigenvalue weighted by molar-refractivity contribution is -0.384. The summed E-state index contributed by atoms with van der Waals surface area (Å²) in [7, 11) is 1.94. The lowest BCUT2D eigenvalue weighted by atomic mass is 10.1. The zero-order chi connectivity index (χ0) is 17.1. The number of aromatic nitrogens is 3. The van der Waals surface area contributed by atoms with Crippen LogP contribution < -0.4 is 0 Å². The molecule has 1 aromatic heterocycles. The second-order valence-electron chi connectivity index (χ2n) is 5.44. The summed E-state index contributed by atoms with van der Waals surface area (Å²) in [5.41, 5.74) is 3.33. The normalized spacial score (nSPS) is 10.8. The smallest absolute Gasteiger partial charge is 0.269 e. The van der Waals surface area contributed by atoms with Gasteiger partial charge >= 0.3 is 0 Å². The molecule has 0 saturated heterocycles. The van der Waals surface area contributed by atoms with E-state index in [2.05, 4.69) is 10.2 Å². The predicted octanol–water partition coefficient (Wildman–Crippen LogP) is 3.99. The highest BCUT2D eigenvalue weighted by atomic mass is 32.2. The first kappa shape index (κ1) is 16.2. The summed E-state index contributed by atoms with van der Waals surface area (Å²) in [5, 5.41) is 20.0. The molecule has 7 heteroatoms. The number of nitro benzene ring substituents is 1. The molecule has 2 aromatic carbocycles. The van der Waals surface area contributed by atoms with Crippen LogP contribution in [0.1, 0.15) is 11.1 Å². The Labute approximate surface area is 143 Å². The fourth-order valence-corrected chi connectivity index (χ4v) is 3.12. The van der Waals surface area contributed by atoms with Gasteiger partial charge in [0, 0.05) is 30.5 Å². The van der Waals surface area contributed by atoms with Crippen LogP contribution in [0.15, 0.2) is 53.7 Å². The third-order valence-electron chi connectivity index (χ3n) is 3.66. The molecule has 0 aliphatic carbocycles. The predicted molar refractivity (Wildman–Crippen MR) is 93.8 cm³/mol. The highest BCUT2D eigenvalue weighted by Gasteiger charge is 2.11. The Balaban J connectivity index is 1.72. The third-order valence-corrected chi connectivity index (χ3v) is 4.75. The van der Waals surface area contributed by atoms with Gasteiger partial charge in [-0.05, 0) is 12.5 Å². The highest BCUT2D eigenvalue weighted by molar-refractivity contribution is 7.98. The average Bonchev–Trinajstić information content (AvgIpc) is 2.95. The summed E-state index contributed by atoms with van der Waals surface area (Å²) < 4.78 is 1.96. The first-order valence-corrected chi connectivity index (χ1v) is 8.36. The van der Waals surface area contributed by atoms with Crippen LogP contribution in [0.3, 0.4) is 0 Å². The van der Waals surface area contributed by atoms with E-state index in [0.29, 0.717) is 5.75 Å². The Hall–Kier alpha value is -2.67. The minimum absolute atomic E-state index is 0.101. The van der Waals surface area contributed by atoms with Crippen LogP contribution in [-0.4, -0.2) is 19.7 Å². The van der Waals surface area contributed by atoms with Crippen molar-refractivity contribution in [2.24, 2.45) is 7.05 Å². The molecule has 0 aliphatic heterocycles. The van der Waals surface area contributed by atoms with Gasteiger partial charge in [0.15, 0.2) is 11.0 Å². The number of benzene rings is 2. The summed E-state index contributed by atoms with van der Waals surface area (Å²) in [6.07, 6.45) is 0. The largest absolute Gasteiger partial charge is 0.305 e. The fraction of sp³-hybridized carbons (Fsp3) is 0.176. The van der Waals surface area contributed by atoms with E-state index in [1.807, 2.05) is 42.8 Å². The number of nitro groups is 1. The molecule has 6 nitrogen and oxygen atoms in total. The molecular formula is C17H16N4O2S. The van der Waals surface area contributed by atoms with Crippen molar-refractivity contribution < 1.29 is 4.92 Å². The molecular weight excluding hydrogens is 324 g/mol. The quantitative estimate of drug-likeness (QED) is 0.399. The van der Waals surface area contributed by atoms with Crippen molar-refractivity contribution in [3.05, 3.63) is 69.8 Å². The first-order valence-electron chi connectivity index (χ1n) is 7.37. The van der Waals surface area contributed by atoms with Crippen LogP contribution in [0.2, 0.25) is 0 Å². The Bertz CT molecular complexity index is 857. The molecule has 0 fully saturated rings. The zero-order valence-electron chi connectivity index (χ0n) is 13.3. The minimum atomic E-state index is -0.395. The molecule has 0 radical (unpaired) electrons. The lowest BCUT2D eigenvalue weighted by Gasteiger charge is -2.04. The van der Waals surface area contributed by atoms with Gasteiger partial charge in [0.1, 0.15) is 0 Å². The van der Waals surface area contributed by atoms with E-state index >= 15 is 0 Å². The monoisotopic (exact) mass is 340 g/mol.